The zero-order valence-electron chi connectivity index (χ0n) is 13.6. The van der Waals surface area contributed by atoms with Crippen LogP contribution in [0.3, 0.4) is 0 Å². The Labute approximate surface area is 136 Å². The number of carbonyl (C=O) groups is 1. The summed E-state index contributed by atoms with van der Waals surface area (Å²) in [4.78, 5) is 16.8. The van der Waals surface area contributed by atoms with Crippen molar-refractivity contribution in [1.29, 1.82) is 0 Å². The van der Waals surface area contributed by atoms with Gasteiger partial charge in [0.15, 0.2) is 5.69 Å². The molecule has 4 rings (SSSR count). The van der Waals surface area contributed by atoms with Crippen LogP contribution in [0.25, 0.3) is 0 Å². The Kier molecular flexibility index (Phi) is 3.89. The van der Waals surface area contributed by atoms with E-state index in [0.29, 0.717) is 31.7 Å². The molecule has 0 unspecified atom stereocenters. The van der Waals surface area contributed by atoms with Crippen molar-refractivity contribution in [1.82, 2.24) is 15.0 Å². The molecule has 2 fully saturated rings. The van der Waals surface area contributed by atoms with Gasteiger partial charge in [-0.3, -0.25) is 4.79 Å². The van der Waals surface area contributed by atoms with Crippen LogP contribution in [0.4, 0.5) is 0 Å². The average molecular weight is 319 g/mol. The van der Waals surface area contributed by atoms with Gasteiger partial charge in [0.2, 0.25) is 0 Å². The third kappa shape index (κ3) is 2.90. The quantitative estimate of drug-likeness (QED) is 0.907. The zero-order valence-corrected chi connectivity index (χ0v) is 13.6. The van der Waals surface area contributed by atoms with Crippen molar-refractivity contribution in [2.24, 2.45) is 0 Å². The summed E-state index contributed by atoms with van der Waals surface area (Å²) in [5, 5.41) is 14.9. The number of nitrogens with zero attached hydrogens (tertiary/aromatic N) is 3. The summed E-state index contributed by atoms with van der Waals surface area (Å²) >= 11 is 0. The highest BCUT2D eigenvalue weighted by molar-refractivity contribution is 5.94. The molecule has 3 aliphatic rings. The highest BCUT2D eigenvalue weighted by Crippen LogP contribution is 2.29. The van der Waals surface area contributed by atoms with Gasteiger partial charge >= 0.3 is 0 Å². The number of likely N-dealkylation sites (tertiary alicyclic amines) is 2. The summed E-state index contributed by atoms with van der Waals surface area (Å²) in [7, 11) is 0. The standard InChI is InChI=1S/C17H25N3O3/c21-16(15-13-5-1-2-6-14(13)23-18-15)20-10-7-17(22,12-20)11-19-8-3-4-9-19/h22H,1-12H2/t17-/m1/s1. The normalized spacial score (nSPS) is 28.3. The SMILES string of the molecule is O=C(c1noc2c1CCCC2)N1CC[C@@](O)(CN2CCCC2)C1. The van der Waals surface area contributed by atoms with Crippen molar-refractivity contribution in [2.45, 2.75) is 50.5 Å². The number of amides is 1. The second-order valence-corrected chi connectivity index (χ2v) is 7.32. The van der Waals surface area contributed by atoms with Crippen LogP contribution in [-0.4, -0.2) is 64.3 Å². The van der Waals surface area contributed by atoms with E-state index < -0.39 is 5.60 Å². The molecule has 1 amide bonds. The van der Waals surface area contributed by atoms with E-state index in [2.05, 4.69) is 10.1 Å². The summed E-state index contributed by atoms with van der Waals surface area (Å²) in [5.74, 6) is 0.806. The smallest absolute Gasteiger partial charge is 0.276 e. The summed E-state index contributed by atoms with van der Waals surface area (Å²) in [6.07, 6.45) is 7.03. The first-order chi connectivity index (χ1) is 11.1. The second-order valence-electron chi connectivity index (χ2n) is 7.32. The number of aliphatic hydroxyl groups is 1. The number of aryl methyl sites for hydroxylation is 1. The fourth-order valence-corrected chi connectivity index (χ4v) is 4.22. The molecule has 2 saturated heterocycles. The molecule has 1 aromatic heterocycles. The van der Waals surface area contributed by atoms with E-state index in [9.17, 15) is 9.90 Å². The molecular weight excluding hydrogens is 294 g/mol. The molecule has 1 atom stereocenters. The molecule has 1 aliphatic carbocycles. The van der Waals surface area contributed by atoms with Crippen LogP contribution in [0.5, 0.6) is 0 Å². The lowest BCUT2D eigenvalue weighted by Gasteiger charge is -2.28. The maximum atomic E-state index is 12.8. The molecular formula is C17H25N3O3. The van der Waals surface area contributed by atoms with Crippen molar-refractivity contribution < 1.29 is 14.4 Å². The Morgan fingerprint density at radius 1 is 1.17 bits per heavy atom. The number of fused-ring (bicyclic) bond motifs is 1. The molecule has 1 aromatic rings. The molecule has 1 N–H and O–H groups in total. The summed E-state index contributed by atoms with van der Waals surface area (Å²) in [5.41, 5.74) is 0.699. The monoisotopic (exact) mass is 319 g/mol. The van der Waals surface area contributed by atoms with Gasteiger partial charge in [0.1, 0.15) is 5.76 Å². The molecule has 0 radical (unpaired) electrons. The highest BCUT2D eigenvalue weighted by atomic mass is 16.5. The molecule has 3 heterocycles. The predicted octanol–water partition coefficient (Wildman–Crippen LogP) is 1.23. The van der Waals surface area contributed by atoms with E-state index >= 15 is 0 Å². The minimum absolute atomic E-state index is 0.0748. The van der Waals surface area contributed by atoms with E-state index in [4.69, 9.17) is 4.52 Å². The van der Waals surface area contributed by atoms with E-state index in [0.717, 1.165) is 50.1 Å². The third-order valence-corrected chi connectivity index (χ3v) is 5.49. The Balaban J connectivity index is 1.44. The number of hydrogen-bond acceptors (Lipinski definition) is 5. The first kappa shape index (κ1) is 15.1. The number of β-amino-alcohol motifs (C(OH)–C–C–N with tert-alkyl or cyclic N) is 1. The van der Waals surface area contributed by atoms with E-state index in [1.165, 1.54) is 12.8 Å². The van der Waals surface area contributed by atoms with Gasteiger partial charge in [-0.1, -0.05) is 5.16 Å². The highest BCUT2D eigenvalue weighted by Gasteiger charge is 2.41. The van der Waals surface area contributed by atoms with Gasteiger partial charge in [-0.05, 0) is 51.6 Å². The molecule has 0 bridgehead atoms. The second kappa shape index (κ2) is 5.91. The number of rotatable bonds is 3. The first-order valence-electron chi connectivity index (χ1n) is 8.86. The van der Waals surface area contributed by atoms with Gasteiger partial charge in [0.05, 0.1) is 12.1 Å². The van der Waals surface area contributed by atoms with Crippen LogP contribution in [-0.2, 0) is 12.8 Å². The molecule has 6 heteroatoms. The largest absolute Gasteiger partial charge is 0.387 e. The number of aromatic nitrogens is 1. The van der Waals surface area contributed by atoms with Crippen molar-refractivity contribution in [3.05, 3.63) is 17.0 Å². The summed E-state index contributed by atoms with van der Waals surface area (Å²) < 4.78 is 5.36. The van der Waals surface area contributed by atoms with Gasteiger partial charge < -0.3 is 19.4 Å². The first-order valence-corrected chi connectivity index (χ1v) is 8.86. The van der Waals surface area contributed by atoms with Crippen molar-refractivity contribution >= 4 is 5.91 Å². The number of hydrogen-bond donors (Lipinski definition) is 1. The Bertz CT molecular complexity index is 594. The summed E-state index contributed by atoms with van der Waals surface area (Å²) in [6, 6.07) is 0. The molecule has 0 spiro atoms. The van der Waals surface area contributed by atoms with Gasteiger partial charge in [-0.25, -0.2) is 0 Å². The lowest BCUT2D eigenvalue weighted by atomic mass is 9.96. The van der Waals surface area contributed by atoms with Crippen LogP contribution in [0.1, 0.15) is 53.9 Å². The lowest BCUT2D eigenvalue weighted by Crippen LogP contribution is -2.45. The van der Waals surface area contributed by atoms with Crippen molar-refractivity contribution in [3.8, 4) is 0 Å². The van der Waals surface area contributed by atoms with Crippen LogP contribution in [0.15, 0.2) is 4.52 Å². The Morgan fingerprint density at radius 3 is 2.78 bits per heavy atom. The van der Waals surface area contributed by atoms with Crippen molar-refractivity contribution in [3.63, 3.8) is 0 Å². The maximum Gasteiger partial charge on any atom is 0.276 e. The topological polar surface area (TPSA) is 69.8 Å². The van der Waals surface area contributed by atoms with Crippen LogP contribution < -0.4 is 0 Å². The van der Waals surface area contributed by atoms with Crippen LogP contribution in [0.2, 0.25) is 0 Å². The molecule has 23 heavy (non-hydrogen) atoms. The van der Waals surface area contributed by atoms with E-state index in [-0.39, 0.29) is 5.91 Å². The molecule has 126 valence electrons. The molecule has 0 aromatic carbocycles. The van der Waals surface area contributed by atoms with E-state index in [1.54, 1.807) is 4.90 Å². The van der Waals surface area contributed by atoms with Crippen LogP contribution in [0, 0.1) is 0 Å². The van der Waals surface area contributed by atoms with Gasteiger partial charge in [-0.15, -0.1) is 0 Å². The average Bonchev–Trinajstić information content (AvgIpc) is 3.26. The summed E-state index contributed by atoms with van der Waals surface area (Å²) in [6.45, 7) is 3.81. The fourth-order valence-electron chi connectivity index (χ4n) is 4.22. The minimum Gasteiger partial charge on any atom is -0.387 e. The third-order valence-electron chi connectivity index (χ3n) is 5.49. The maximum absolute atomic E-state index is 12.8. The van der Waals surface area contributed by atoms with Gasteiger partial charge in [0, 0.05) is 25.1 Å². The predicted molar refractivity (Wildman–Crippen MR) is 84.3 cm³/mol. The Hall–Kier alpha value is -1.40. The van der Waals surface area contributed by atoms with Crippen molar-refractivity contribution in [2.75, 3.05) is 32.7 Å². The molecule has 0 saturated carbocycles. The van der Waals surface area contributed by atoms with E-state index in [1.807, 2.05) is 0 Å². The zero-order chi connectivity index (χ0) is 15.9. The van der Waals surface area contributed by atoms with Crippen LogP contribution >= 0.6 is 0 Å². The molecule has 2 aliphatic heterocycles. The lowest BCUT2D eigenvalue weighted by molar-refractivity contribution is 0.0174. The fraction of sp³-hybridized carbons (Fsp3) is 0.765. The molecule has 6 nitrogen and oxygen atoms in total. The Morgan fingerprint density at radius 2 is 1.96 bits per heavy atom. The van der Waals surface area contributed by atoms with Gasteiger partial charge in [-0.2, -0.15) is 0 Å². The minimum atomic E-state index is -0.774. The number of carbonyl (C=O) groups excluding carboxylic acids is 1. The van der Waals surface area contributed by atoms with Gasteiger partial charge in [0.25, 0.3) is 5.91 Å².